The maximum absolute atomic E-state index is 6.01. The van der Waals surface area contributed by atoms with E-state index < -0.39 is 0 Å². The summed E-state index contributed by atoms with van der Waals surface area (Å²) in [6, 6.07) is 0. The molecule has 0 unspecified atom stereocenters. The Labute approximate surface area is 129 Å². The highest BCUT2D eigenvalue weighted by molar-refractivity contribution is 7.19. The molecule has 5 heterocycles. The number of ether oxygens (including phenoxy) is 1. The molecule has 0 aromatic carbocycles. The van der Waals surface area contributed by atoms with Gasteiger partial charge in [-0.05, 0) is 11.5 Å². The number of aromatic nitrogens is 6. The summed E-state index contributed by atoms with van der Waals surface area (Å²) in [6.45, 7) is 5.07. The maximum Gasteiger partial charge on any atom is 0.243 e. The fourth-order valence-electron chi connectivity index (χ4n) is 3.19. The van der Waals surface area contributed by atoms with Crippen LogP contribution in [0, 0.1) is 5.92 Å². The largest absolute Gasteiger partial charge is 0.372 e. The summed E-state index contributed by atoms with van der Waals surface area (Å²) < 4.78 is 9.93. The molecule has 7 nitrogen and oxygen atoms in total. The number of thiophene rings is 1. The number of hydrogen-bond donors (Lipinski definition) is 0. The molecule has 8 heteroatoms. The van der Waals surface area contributed by atoms with Gasteiger partial charge in [0, 0.05) is 11.3 Å². The first-order valence-corrected chi connectivity index (χ1v) is 8.13. The molecule has 1 aliphatic rings. The van der Waals surface area contributed by atoms with Crippen molar-refractivity contribution in [1.82, 2.24) is 29.2 Å². The van der Waals surface area contributed by atoms with Crippen molar-refractivity contribution in [2.24, 2.45) is 5.92 Å². The van der Waals surface area contributed by atoms with E-state index >= 15 is 0 Å². The van der Waals surface area contributed by atoms with Crippen LogP contribution < -0.4 is 0 Å². The lowest BCUT2D eigenvalue weighted by atomic mass is 9.96. The van der Waals surface area contributed by atoms with Gasteiger partial charge in [0.15, 0.2) is 5.65 Å². The Morgan fingerprint density at radius 2 is 2.05 bits per heavy atom. The monoisotopic (exact) mass is 314 g/mol. The van der Waals surface area contributed by atoms with Gasteiger partial charge in [0.1, 0.15) is 17.5 Å². The molecule has 0 aliphatic carbocycles. The molecule has 1 aliphatic heterocycles. The number of rotatable bonds is 1. The van der Waals surface area contributed by atoms with Crippen molar-refractivity contribution >= 4 is 33.0 Å². The smallest absolute Gasteiger partial charge is 0.243 e. The highest BCUT2D eigenvalue weighted by Crippen LogP contribution is 2.39. The molecule has 22 heavy (non-hydrogen) atoms. The predicted molar refractivity (Wildman–Crippen MR) is 82.0 cm³/mol. The van der Waals surface area contributed by atoms with E-state index in [1.807, 2.05) is 8.80 Å². The molecule has 0 fully saturated rings. The van der Waals surface area contributed by atoms with Crippen LogP contribution in [0.4, 0.5) is 0 Å². The zero-order valence-electron chi connectivity index (χ0n) is 12.2. The quantitative estimate of drug-likeness (QED) is 0.538. The lowest BCUT2D eigenvalue weighted by Gasteiger charge is -2.26. The molecule has 0 amide bonds. The van der Waals surface area contributed by atoms with Gasteiger partial charge in [-0.1, -0.05) is 13.8 Å². The van der Waals surface area contributed by atoms with Gasteiger partial charge in [-0.3, -0.25) is 4.40 Å². The summed E-state index contributed by atoms with van der Waals surface area (Å²) in [7, 11) is 0. The molecule has 4 aromatic heterocycles. The molecular formula is C14H14N6OS. The van der Waals surface area contributed by atoms with Crippen molar-refractivity contribution in [1.29, 1.82) is 0 Å². The van der Waals surface area contributed by atoms with Gasteiger partial charge in [0.25, 0.3) is 0 Å². The van der Waals surface area contributed by atoms with E-state index in [2.05, 4.69) is 34.2 Å². The second-order valence-corrected chi connectivity index (χ2v) is 7.09. The van der Waals surface area contributed by atoms with Crippen LogP contribution in [-0.4, -0.2) is 35.3 Å². The van der Waals surface area contributed by atoms with Crippen molar-refractivity contribution < 1.29 is 4.74 Å². The van der Waals surface area contributed by atoms with Crippen molar-refractivity contribution in [3.63, 3.8) is 0 Å². The second kappa shape index (κ2) is 4.23. The van der Waals surface area contributed by atoms with E-state index in [1.54, 1.807) is 24.0 Å². The zero-order valence-corrected chi connectivity index (χ0v) is 13.0. The minimum absolute atomic E-state index is 0.255. The van der Waals surface area contributed by atoms with Crippen molar-refractivity contribution in [3.8, 4) is 0 Å². The molecular weight excluding hydrogens is 300 g/mol. The minimum atomic E-state index is 0.255. The molecule has 4 aromatic rings. The van der Waals surface area contributed by atoms with Gasteiger partial charge < -0.3 is 4.74 Å². The Hall–Kier alpha value is -2.06. The van der Waals surface area contributed by atoms with Crippen LogP contribution in [0.3, 0.4) is 0 Å². The van der Waals surface area contributed by atoms with Crippen LogP contribution in [-0.2, 0) is 17.8 Å². The van der Waals surface area contributed by atoms with E-state index in [1.165, 1.54) is 15.8 Å². The van der Waals surface area contributed by atoms with Gasteiger partial charge in [-0.25, -0.2) is 4.40 Å². The second-order valence-electron chi connectivity index (χ2n) is 6.01. The van der Waals surface area contributed by atoms with Crippen molar-refractivity contribution in [2.45, 2.75) is 33.0 Å². The normalized spacial score (nSPS) is 18.8. The first-order valence-electron chi connectivity index (χ1n) is 7.31. The molecule has 0 radical (unpaired) electrons. The van der Waals surface area contributed by atoms with Crippen LogP contribution in [0.1, 0.15) is 24.3 Å². The highest BCUT2D eigenvalue weighted by Gasteiger charge is 2.28. The molecule has 0 bridgehead atoms. The first kappa shape index (κ1) is 12.5. The number of nitrogens with zero attached hydrogens (tertiary/aromatic N) is 6. The SMILES string of the molecule is CC(C)[C@@H]1Cc2c(sc3c2c2nncn2c2nncn32)CO1. The van der Waals surface area contributed by atoms with Crippen LogP contribution in [0.15, 0.2) is 12.7 Å². The van der Waals surface area contributed by atoms with Crippen LogP contribution in [0.25, 0.3) is 21.6 Å². The number of fused-ring (bicyclic) bond motifs is 8. The van der Waals surface area contributed by atoms with Crippen LogP contribution >= 0.6 is 11.3 Å². The molecule has 5 rings (SSSR count). The third-order valence-electron chi connectivity index (χ3n) is 4.38. The predicted octanol–water partition coefficient (Wildman–Crippen LogP) is 2.08. The topological polar surface area (TPSA) is 69.6 Å². The third-order valence-corrected chi connectivity index (χ3v) is 5.59. The fourth-order valence-corrected chi connectivity index (χ4v) is 4.40. The molecule has 0 saturated heterocycles. The average molecular weight is 314 g/mol. The Bertz CT molecular complexity index is 1010. The van der Waals surface area contributed by atoms with Gasteiger partial charge >= 0.3 is 0 Å². The van der Waals surface area contributed by atoms with Crippen molar-refractivity contribution in [2.75, 3.05) is 0 Å². The summed E-state index contributed by atoms with van der Waals surface area (Å²) in [4.78, 5) is 2.40. The van der Waals surface area contributed by atoms with Gasteiger partial charge in [0.2, 0.25) is 5.78 Å². The Morgan fingerprint density at radius 3 is 2.91 bits per heavy atom. The lowest BCUT2D eigenvalue weighted by Crippen LogP contribution is -2.26. The number of hydrogen-bond acceptors (Lipinski definition) is 6. The van der Waals surface area contributed by atoms with Crippen LogP contribution in [0.2, 0.25) is 0 Å². The minimum Gasteiger partial charge on any atom is -0.372 e. The molecule has 112 valence electrons. The Kier molecular flexibility index (Phi) is 2.40. The average Bonchev–Trinajstić information content (AvgIpc) is 3.22. The van der Waals surface area contributed by atoms with Crippen molar-refractivity contribution in [3.05, 3.63) is 23.1 Å². The summed E-state index contributed by atoms with van der Waals surface area (Å²) in [5.41, 5.74) is 2.20. The third kappa shape index (κ3) is 1.48. The molecule has 0 N–H and O–H groups in total. The lowest BCUT2D eigenvalue weighted by molar-refractivity contribution is 0.00203. The van der Waals surface area contributed by atoms with E-state index in [9.17, 15) is 0 Å². The van der Waals surface area contributed by atoms with Gasteiger partial charge in [0.05, 0.1) is 18.1 Å². The van der Waals surface area contributed by atoms with Crippen LogP contribution in [0.5, 0.6) is 0 Å². The Morgan fingerprint density at radius 1 is 1.23 bits per heavy atom. The molecule has 1 atom stereocenters. The van der Waals surface area contributed by atoms with E-state index in [-0.39, 0.29) is 6.10 Å². The summed E-state index contributed by atoms with van der Waals surface area (Å²) in [5.74, 6) is 1.24. The first-order chi connectivity index (χ1) is 10.7. The fraction of sp³-hybridized carbons (Fsp3) is 0.429. The molecule has 0 spiro atoms. The van der Waals surface area contributed by atoms with E-state index in [0.717, 1.165) is 22.7 Å². The van der Waals surface area contributed by atoms with Gasteiger partial charge in [-0.2, -0.15) is 0 Å². The summed E-state index contributed by atoms with van der Waals surface area (Å²) >= 11 is 1.74. The van der Waals surface area contributed by atoms with Gasteiger partial charge in [-0.15, -0.1) is 31.7 Å². The van der Waals surface area contributed by atoms with E-state index in [4.69, 9.17) is 4.74 Å². The van der Waals surface area contributed by atoms with E-state index in [0.29, 0.717) is 12.5 Å². The Balaban J connectivity index is 1.91. The maximum atomic E-state index is 6.01. The zero-order chi connectivity index (χ0) is 14.8. The molecule has 0 saturated carbocycles. The summed E-state index contributed by atoms with van der Waals surface area (Å²) in [5, 5.41) is 17.8. The summed E-state index contributed by atoms with van der Waals surface area (Å²) in [6.07, 6.45) is 4.62. The standard InChI is InChI=1S/C14H14N6OS/c1-7(2)9-3-8-10(4-21-9)22-13-11(8)12-17-15-5-19(12)14-18-16-6-20(13)14/h5-7,9H,3-4H2,1-2H3/t9-/m0/s1. The highest BCUT2D eigenvalue weighted by atomic mass is 32.1.